The lowest BCUT2D eigenvalue weighted by molar-refractivity contribution is 0.758. The van der Waals surface area contributed by atoms with Crippen LogP contribution in [-0.2, 0) is 7.05 Å². The normalized spacial score (nSPS) is 16.5. The number of nitrogens with two attached hydrogens (primary N) is 1. The molecule has 1 aromatic heterocycles. The maximum absolute atomic E-state index is 5.83. The second kappa shape index (κ2) is 2.40. The summed E-state index contributed by atoms with van der Waals surface area (Å²) in [4.78, 5) is 0. The SMILES string of the molecule is Cc1nn(C)c(NC2CC2)c1N. The molecule has 1 aliphatic rings. The van der Waals surface area contributed by atoms with Gasteiger partial charge in [-0.25, -0.2) is 0 Å². The molecule has 1 saturated carbocycles. The molecule has 0 radical (unpaired) electrons. The number of aromatic nitrogens is 2. The molecule has 0 saturated heterocycles. The largest absolute Gasteiger partial charge is 0.394 e. The summed E-state index contributed by atoms with van der Waals surface area (Å²) in [6.07, 6.45) is 2.51. The van der Waals surface area contributed by atoms with Gasteiger partial charge in [-0.1, -0.05) is 0 Å². The number of nitrogens with zero attached hydrogens (tertiary/aromatic N) is 2. The molecule has 1 aliphatic carbocycles. The van der Waals surface area contributed by atoms with E-state index in [0.717, 1.165) is 17.2 Å². The van der Waals surface area contributed by atoms with E-state index in [1.54, 1.807) is 0 Å². The Labute approximate surface area is 71.7 Å². The monoisotopic (exact) mass is 166 g/mol. The summed E-state index contributed by atoms with van der Waals surface area (Å²) in [6, 6.07) is 0.627. The van der Waals surface area contributed by atoms with E-state index in [0.29, 0.717) is 6.04 Å². The number of anilines is 2. The highest BCUT2D eigenvalue weighted by Crippen LogP contribution is 2.28. The third-order valence-electron chi connectivity index (χ3n) is 2.19. The van der Waals surface area contributed by atoms with Gasteiger partial charge in [0.1, 0.15) is 5.82 Å². The van der Waals surface area contributed by atoms with Gasteiger partial charge in [-0.2, -0.15) is 5.10 Å². The highest BCUT2D eigenvalue weighted by molar-refractivity contribution is 5.65. The summed E-state index contributed by atoms with van der Waals surface area (Å²) in [6.45, 7) is 1.92. The summed E-state index contributed by atoms with van der Waals surface area (Å²) in [5.74, 6) is 0.968. The third-order valence-corrected chi connectivity index (χ3v) is 2.19. The second-order valence-electron chi connectivity index (χ2n) is 3.39. The third kappa shape index (κ3) is 1.13. The zero-order chi connectivity index (χ0) is 8.72. The van der Waals surface area contributed by atoms with E-state index < -0.39 is 0 Å². The lowest BCUT2D eigenvalue weighted by Crippen LogP contribution is -2.07. The number of aryl methyl sites for hydroxylation is 2. The lowest BCUT2D eigenvalue weighted by Gasteiger charge is -2.04. The van der Waals surface area contributed by atoms with Gasteiger partial charge in [-0.15, -0.1) is 0 Å². The van der Waals surface area contributed by atoms with Crippen molar-refractivity contribution in [1.82, 2.24) is 9.78 Å². The average molecular weight is 166 g/mol. The van der Waals surface area contributed by atoms with Gasteiger partial charge in [-0.3, -0.25) is 4.68 Å². The predicted octanol–water partition coefficient (Wildman–Crippen LogP) is 0.885. The van der Waals surface area contributed by atoms with Crippen LogP contribution in [0.25, 0.3) is 0 Å². The molecule has 66 valence electrons. The van der Waals surface area contributed by atoms with Gasteiger partial charge in [0.15, 0.2) is 0 Å². The number of nitrogens with one attached hydrogen (secondary N) is 1. The summed E-state index contributed by atoms with van der Waals surface area (Å²) in [5.41, 5.74) is 7.52. The topological polar surface area (TPSA) is 55.9 Å². The lowest BCUT2D eigenvalue weighted by atomic mass is 10.4. The van der Waals surface area contributed by atoms with Crippen molar-refractivity contribution in [3.8, 4) is 0 Å². The summed E-state index contributed by atoms with van der Waals surface area (Å²) >= 11 is 0. The zero-order valence-electron chi connectivity index (χ0n) is 7.46. The van der Waals surface area contributed by atoms with Crippen molar-refractivity contribution in [3.63, 3.8) is 0 Å². The van der Waals surface area contributed by atoms with Crippen molar-refractivity contribution in [3.05, 3.63) is 5.69 Å². The van der Waals surface area contributed by atoms with Crippen LogP contribution < -0.4 is 11.1 Å². The molecule has 1 aromatic rings. The first-order valence-electron chi connectivity index (χ1n) is 4.24. The maximum atomic E-state index is 5.83. The molecule has 0 spiro atoms. The highest BCUT2D eigenvalue weighted by atomic mass is 15.3. The van der Waals surface area contributed by atoms with Gasteiger partial charge in [0, 0.05) is 13.1 Å². The van der Waals surface area contributed by atoms with E-state index in [9.17, 15) is 0 Å². The van der Waals surface area contributed by atoms with E-state index in [-0.39, 0.29) is 0 Å². The summed E-state index contributed by atoms with van der Waals surface area (Å²) in [7, 11) is 1.91. The molecule has 0 bridgehead atoms. The van der Waals surface area contributed by atoms with Crippen molar-refractivity contribution in [2.75, 3.05) is 11.1 Å². The highest BCUT2D eigenvalue weighted by Gasteiger charge is 2.23. The van der Waals surface area contributed by atoms with Crippen LogP contribution in [-0.4, -0.2) is 15.8 Å². The van der Waals surface area contributed by atoms with Gasteiger partial charge in [0.25, 0.3) is 0 Å². The number of hydrogen-bond acceptors (Lipinski definition) is 3. The Hall–Kier alpha value is -1.19. The fourth-order valence-corrected chi connectivity index (χ4v) is 1.27. The molecule has 0 unspecified atom stereocenters. The minimum atomic E-state index is 0.627. The van der Waals surface area contributed by atoms with Gasteiger partial charge in [-0.05, 0) is 19.8 Å². The molecular formula is C8H14N4. The molecule has 0 atom stereocenters. The minimum absolute atomic E-state index is 0.627. The van der Waals surface area contributed by atoms with Gasteiger partial charge in [0.05, 0.1) is 11.4 Å². The Morgan fingerprint density at radius 2 is 2.25 bits per heavy atom. The molecule has 3 N–H and O–H groups in total. The van der Waals surface area contributed by atoms with E-state index >= 15 is 0 Å². The Bertz CT molecular complexity index is 298. The van der Waals surface area contributed by atoms with Crippen LogP contribution in [0.4, 0.5) is 11.5 Å². The fourth-order valence-electron chi connectivity index (χ4n) is 1.27. The first kappa shape index (κ1) is 7.46. The first-order chi connectivity index (χ1) is 5.68. The molecule has 4 nitrogen and oxygen atoms in total. The fraction of sp³-hybridized carbons (Fsp3) is 0.625. The smallest absolute Gasteiger partial charge is 0.147 e. The molecule has 1 fully saturated rings. The van der Waals surface area contributed by atoms with Gasteiger partial charge < -0.3 is 11.1 Å². The second-order valence-corrected chi connectivity index (χ2v) is 3.39. The van der Waals surface area contributed by atoms with Crippen LogP contribution in [0, 0.1) is 6.92 Å². The van der Waals surface area contributed by atoms with Crippen LogP contribution in [0.2, 0.25) is 0 Å². The van der Waals surface area contributed by atoms with Crippen molar-refractivity contribution in [2.24, 2.45) is 7.05 Å². The Balaban J connectivity index is 2.26. The van der Waals surface area contributed by atoms with Crippen LogP contribution >= 0.6 is 0 Å². The predicted molar refractivity (Wildman–Crippen MR) is 49.0 cm³/mol. The zero-order valence-corrected chi connectivity index (χ0v) is 7.46. The number of rotatable bonds is 2. The van der Waals surface area contributed by atoms with E-state index in [1.165, 1.54) is 12.8 Å². The summed E-state index contributed by atoms with van der Waals surface area (Å²) < 4.78 is 1.81. The molecule has 2 rings (SSSR count). The van der Waals surface area contributed by atoms with E-state index in [4.69, 9.17) is 5.73 Å². The molecular weight excluding hydrogens is 152 g/mol. The van der Waals surface area contributed by atoms with Crippen LogP contribution in [0.5, 0.6) is 0 Å². The average Bonchev–Trinajstić information content (AvgIpc) is 2.77. The van der Waals surface area contributed by atoms with Crippen molar-refractivity contribution >= 4 is 11.5 Å². The van der Waals surface area contributed by atoms with Crippen molar-refractivity contribution < 1.29 is 0 Å². The van der Waals surface area contributed by atoms with Crippen molar-refractivity contribution in [1.29, 1.82) is 0 Å². The van der Waals surface area contributed by atoms with Crippen LogP contribution in [0.15, 0.2) is 0 Å². The Morgan fingerprint density at radius 1 is 1.58 bits per heavy atom. The van der Waals surface area contributed by atoms with Crippen molar-refractivity contribution in [2.45, 2.75) is 25.8 Å². The molecule has 4 heteroatoms. The molecule has 12 heavy (non-hydrogen) atoms. The molecule has 0 aromatic carbocycles. The minimum Gasteiger partial charge on any atom is -0.394 e. The van der Waals surface area contributed by atoms with Crippen LogP contribution in [0.3, 0.4) is 0 Å². The van der Waals surface area contributed by atoms with Gasteiger partial charge >= 0.3 is 0 Å². The first-order valence-corrected chi connectivity index (χ1v) is 4.24. The van der Waals surface area contributed by atoms with E-state index in [2.05, 4.69) is 10.4 Å². The number of nitrogen functional groups attached to an aromatic ring is 1. The Morgan fingerprint density at radius 3 is 2.67 bits per heavy atom. The molecule has 0 aliphatic heterocycles. The van der Waals surface area contributed by atoms with Gasteiger partial charge in [0.2, 0.25) is 0 Å². The molecule has 0 amide bonds. The standard InChI is InChI=1S/C8H14N4/c1-5-7(9)8(12(2)11-5)10-6-3-4-6/h6,10H,3-4,9H2,1-2H3. The number of hydrogen-bond donors (Lipinski definition) is 2. The summed E-state index contributed by atoms with van der Waals surface area (Å²) in [5, 5.41) is 7.57. The maximum Gasteiger partial charge on any atom is 0.147 e. The van der Waals surface area contributed by atoms with E-state index in [1.807, 2.05) is 18.7 Å². The van der Waals surface area contributed by atoms with Crippen LogP contribution in [0.1, 0.15) is 18.5 Å². The Kier molecular flexibility index (Phi) is 1.49. The quantitative estimate of drug-likeness (QED) is 0.686. The molecule has 1 heterocycles.